The monoisotopic (exact) mass is 267 g/mol. The SMILES string of the molecule is CC(N)c1ccc(N2CC(=O)NC(=O)C2)c(Cl)c1. The van der Waals surface area contributed by atoms with Crippen LogP contribution in [0.1, 0.15) is 18.5 Å². The Balaban J connectivity index is 2.28. The molecule has 0 spiro atoms. The lowest BCUT2D eigenvalue weighted by Gasteiger charge is -2.28. The Kier molecular flexibility index (Phi) is 3.54. The second-order valence-electron chi connectivity index (χ2n) is 4.33. The molecule has 0 saturated carbocycles. The van der Waals surface area contributed by atoms with Crippen molar-refractivity contribution in [3.63, 3.8) is 0 Å². The summed E-state index contributed by atoms with van der Waals surface area (Å²) in [5, 5.41) is 2.74. The lowest BCUT2D eigenvalue weighted by atomic mass is 10.1. The van der Waals surface area contributed by atoms with Gasteiger partial charge in [-0.3, -0.25) is 14.9 Å². The number of hydrogen-bond acceptors (Lipinski definition) is 4. The lowest BCUT2D eigenvalue weighted by Crippen LogP contribution is -2.51. The van der Waals surface area contributed by atoms with Crippen LogP contribution in [0.25, 0.3) is 0 Å². The van der Waals surface area contributed by atoms with Crippen LogP contribution in [0.5, 0.6) is 0 Å². The minimum absolute atomic E-state index is 0.108. The zero-order valence-corrected chi connectivity index (χ0v) is 10.7. The molecule has 1 aliphatic heterocycles. The van der Waals surface area contributed by atoms with Gasteiger partial charge in [-0.15, -0.1) is 0 Å². The predicted octanol–water partition coefficient (Wildman–Crippen LogP) is 0.823. The summed E-state index contributed by atoms with van der Waals surface area (Å²) in [7, 11) is 0. The smallest absolute Gasteiger partial charge is 0.246 e. The summed E-state index contributed by atoms with van der Waals surface area (Å²) >= 11 is 6.16. The van der Waals surface area contributed by atoms with E-state index in [0.717, 1.165) is 5.56 Å². The van der Waals surface area contributed by atoms with Gasteiger partial charge in [-0.2, -0.15) is 0 Å². The average molecular weight is 268 g/mol. The van der Waals surface area contributed by atoms with Crippen LogP contribution in [-0.2, 0) is 9.59 Å². The van der Waals surface area contributed by atoms with E-state index >= 15 is 0 Å². The number of benzene rings is 1. The van der Waals surface area contributed by atoms with Gasteiger partial charge in [0.2, 0.25) is 11.8 Å². The van der Waals surface area contributed by atoms with E-state index in [1.165, 1.54) is 0 Å². The van der Waals surface area contributed by atoms with E-state index in [2.05, 4.69) is 5.32 Å². The van der Waals surface area contributed by atoms with Gasteiger partial charge < -0.3 is 10.6 Å². The maximum atomic E-state index is 11.3. The Morgan fingerprint density at radius 1 is 1.33 bits per heavy atom. The topological polar surface area (TPSA) is 75.4 Å². The van der Waals surface area contributed by atoms with Gasteiger partial charge in [0.25, 0.3) is 0 Å². The molecule has 1 aromatic rings. The summed E-state index contributed by atoms with van der Waals surface area (Å²) in [6.45, 7) is 2.12. The maximum absolute atomic E-state index is 11.3. The molecule has 3 N–H and O–H groups in total. The number of nitrogens with zero attached hydrogens (tertiary/aromatic N) is 1. The quantitative estimate of drug-likeness (QED) is 0.778. The third-order valence-corrected chi connectivity index (χ3v) is 3.09. The summed E-state index contributed by atoms with van der Waals surface area (Å²) in [5.74, 6) is -0.642. The van der Waals surface area contributed by atoms with Crippen molar-refractivity contribution in [1.29, 1.82) is 0 Å². The van der Waals surface area contributed by atoms with Crippen LogP contribution < -0.4 is 16.0 Å². The van der Waals surface area contributed by atoms with E-state index in [-0.39, 0.29) is 30.9 Å². The standard InChI is InChI=1S/C12H14ClN3O2/c1-7(14)8-2-3-10(9(13)4-8)16-5-11(17)15-12(18)6-16/h2-4,7H,5-6,14H2,1H3,(H,15,17,18). The van der Waals surface area contributed by atoms with Crippen molar-refractivity contribution >= 4 is 29.1 Å². The summed E-state index contributed by atoms with van der Waals surface area (Å²) < 4.78 is 0. The van der Waals surface area contributed by atoms with Gasteiger partial charge in [0.1, 0.15) is 0 Å². The van der Waals surface area contributed by atoms with E-state index in [0.29, 0.717) is 10.7 Å². The molecule has 1 unspecified atom stereocenters. The number of imide groups is 1. The lowest BCUT2D eigenvalue weighted by molar-refractivity contribution is -0.130. The molecule has 96 valence electrons. The highest BCUT2D eigenvalue weighted by molar-refractivity contribution is 6.33. The highest BCUT2D eigenvalue weighted by Gasteiger charge is 2.24. The first-order chi connectivity index (χ1) is 8.47. The highest BCUT2D eigenvalue weighted by atomic mass is 35.5. The average Bonchev–Trinajstić information content (AvgIpc) is 2.27. The van der Waals surface area contributed by atoms with Crippen LogP contribution in [0.2, 0.25) is 5.02 Å². The van der Waals surface area contributed by atoms with Crippen LogP contribution in [-0.4, -0.2) is 24.9 Å². The van der Waals surface area contributed by atoms with Crippen LogP contribution in [0.15, 0.2) is 18.2 Å². The number of carbonyl (C=O) groups is 2. The van der Waals surface area contributed by atoms with Gasteiger partial charge in [0, 0.05) is 6.04 Å². The largest absolute Gasteiger partial charge is 0.352 e. The Hall–Kier alpha value is -1.59. The van der Waals surface area contributed by atoms with E-state index in [9.17, 15) is 9.59 Å². The number of rotatable bonds is 2. The zero-order chi connectivity index (χ0) is 13.3. The van der Waals surface area contributed by atoms with E-state index < -0.39 is 0 Å². The molecule has 1 atom stereocenters. The van der Waals surface area contributed by atoms with Crippen molar-refractivity contribution in [2.24, 2.45) is 5.73 Å². The number of nitrogens with one attached hydrogen (secondary N) is 1. The molecule has 0 aliphatic carbocycles. The number of nitrogens with two attached hydrogens (primary N) is 1. The number of amides is 2. The maximum Gasteiger partial charge on any atom is 0.246 e. The molecule has 6 heteroatoms. The normalized spacial score (nSPS) is 17.6. The third kappa shape index (κ3) is 2.63. The molecule has 1 aliphatic rings. The number of anilines is 1. The molecular weight excluding hydrogens is 254 g/mol. The molecule has 5 nitrogen and oxygen atoms in total. The fraction of sp³-hybridized carbons (Fsp3) is 0.333. The minimum atomic E-state index is -0.321. The number of halogens is 1. The molecule has 0 radical (unpaired) electrons. The van der Waals surface area contributed by atoms with Crippen LogP contribution in [0, 0.1) is 0 Å². The van der Waals surface area contributed by atoms with Crippen molar-refractivity contribution in [1.82, 2.24) is 5.32 Å². The van der Waals surface area contributed by atoms with E-state index in [1.807, 2.05) is 13.0 Å². The predicted molar refractivity (Wildman–Crippen MR) is 69.4 cm³/mol. The van der Waals surface area contributed by atoms with Gasteiger partial charge in [0.05, 0.1) is 23.8 Å². The van der Waals surface area contributed by atoms with Crippen molar-refractivity contribution in [3.05, 3.63) is 28.8 Å². The molecule has 2 amide bonds. The first-order valence-corrected chi connectivity index (χ1v) is 5.98. The van der Waals surface area contributed by atoms with Gasteiger partial charge in [-0.05, 0) is 24.6 Å². The van der Waals surface area contributed by atoms with Crippen LogP contribution >= 0.6 is 11.6 Å². The fourth-order valence-electron chi connectivity index (χ4n) is 1.87. The molecule has 2 rings (SSSR count). The Morgan fingerprint density at radius 2 is 1.94 bits per heavy atom. The second kappa shape index (κ2) is 4.96. The Morgan fingerprint density at radius 3 is 2.44 bits per heavy atom. The minimum Gasteiger partial charge on any atom is -0.352 e. The van der Waals surface area contributed by atoms with Gasteiger partial charge in [0.15, 0.2) is 0 Å². The molecule has 0 bridgehead atoms. The molecule has 1 fully saturated rings. The number of carbonyl (C=O) groups excluding carboxylic acids is 2. The molecular formula is C12H14ClN3O2. The Labute approximate surface area is 110 Å². The summed E-state index contributed by atoms with van der Waals surface area (Å²) in [4.78, 5) is 24.3. The van der Waals surface area contributed by atoms with Crippen molar-refractivity contribution in [2.75, 3.05) is 18.0 Å². The molecule has 1 heterocycles. The zero-order valence-electron chi connectivity index (χ0n) is 9.94. The molecule has 0 aromatic heterocycles. The molecule has 1 aromatic carbocycles. The van der Waals surface area contributed by atoms with Gasteiger partial charge in [-0.25, -0.2) is 0 Å². The first kappa shape index (κ1) is 12.9. The van der Waals surface area contributed by atoms with Crippen molar-refractivity contribution < 1.29 is 9.59 Å². The first-order valence-electron chi connectivity index (χ1n) is 5.60. The van der Waals surface area contributed by atoms with Crippen molar-refractivity contribution in [2.45, 2.75) is 13.0 Å². The van der Waals surface area contributed by atoms with Crippen LogP contribution in [0.3, 0.4) is 0 Å². The van der Waals surface area contributed by atoms with E-state index in [1.54, 1.807) is 17.0 Å². The van der Waals surface area contributed by atoms with Gasteiger partial charge in [-0.1, -0.05) is 17.7 Å². The van der Waals surface area contributed by atoms with E-state index in [4.69, 9.17) is 17.3 Å². The summed E-state index contributed by atoms with van der Waals surface area (Å²) in [6, 6.07) is 5.29. The third-order valence-electron chi connectivity index (χ3n) is 2.79. The Bertz CT molecular complexity index is 486. The fourth-order valence-corrected chi connectivity index (χ4v) is 2.18. The number of piperazine rings is 1. The summed E-state index contributed by atoms with van der Waals surface area (Å²) in [6.07, 6.45) is 0. The van der Waals surface area contributed by atoms with Crippen LogP contribution in [0.4, 0.5) is 5.69 Å². The molecule has 1 saturated heterocycles. The summed E-state index contributed by atoms with van der Waals surface area (Å²) in [5.41, 5.74) is 7.35. The second-order valence-corrected chi connectivity index (χ2v) is 4.73. The molecule has 18 heavy (non-hydrogen) atoms. The highest BCUT2D eigenvalue weighted by Crippen LogP contribution is 2.28. The van der Waals surface area contributed by atoms with Crippen molar-refractivity contribution in [3.8, 4) is 0 Å². The van der Waals surface area contributed by atoms with Gasteiger partial charge >= 0.3 is 0 Å². The number of hydrogen-bond donors (Lipinski definition) is 2.